The first-order valence-electron chi connectivity index (χ1n) is 8.22. The normalized spacial score (nSPS) is 14.3. The van der Waals surface area contributed by atoms with Gasteiger partial charge >= 0.3 is 5.97 Å². The van der Waals surface area contributed by atoms with E-state index in [2.05, 4.69) is 10.6 Å². The molecule has 2 aromatic carbocycles. The monoisotopic (exact) mass is 388 g/mol. The van der Waals surface area contributed by atoms with E-state index >= 15 is 0 Å². The van der Waals surface area contributed by atoms with E-state index in [1.54, 1.807) is 12.1 Å². The van der Waals surface area contributed by atoms with Gasteiger partial charge in [-0.05, 0) is 48.7 Å². The second-order valence-corrected chi connectivity index (χ2v) is 6.80. The first-order chi connectivity index (χ1) is 12.8. The molecule has 3 rings (SSSR count). The Morgan fingerprint density at radius 3 is 2.41 bits per heavy atom. The van der Waals surface area contributed by atoms with Crippen LogP contribution in [0.1, 0.15) is 39.1 Å². The summed E-state index contributed by atoms with van der Waals surface area (Å²) in [5, 5.41) is 23.8. The molecule has 0 aliphatic heterocycles. The molecule has 1 fully saturated rings. The number of carboxylic acids is 1. The summed E-state index contributed by atoms with van der Waals surface area (Å²) in [6.45, 7) is 0.216. The lowest BCUT2D eigenvalue weighted by atomic mass is 10.1. The van der Waals surface area contributed by atoms with Gasteiger partial charge in [-0.25, -0.2) is 4.79 Å². The van der Waals surface area contributed by atoms with Crippen molar-refractivity contribution in [2.45, 2.75) is 24.9 Å². The third-order valence-corrected chi connectivity index (χ3v) is 4.66. The lowest BCUT2D eigenvalue weighted by Crippen LogP contribution is -2.43. The zero-order chi connectivity index (χ0) is 19.6. The van der Waals surface area contributed by atoms with Gasteiger partial charge in [-0.1, -0.05) is 23.7 Å². The number of phenolic OH excluding ortho intramolecular Hbond substituents is 1. The van der Waals surface area contributed by atoms with Gasteiger partial charge in [0.15, 0.2) is 0 Å². The zero-order valence-corrected chi connectivity index (χ0v) is 14.9. The Hall–Kier alpha value is -3.06. The minimum atomic E-state index is -1.21. The molecule has 0 unspecified atom stereocenters. The van der Waals surface area contributed by atoms with Gasteiger partial charge in [0.05, 0.1) is 10.6 Å². The standard InChI is InChI=1S/C19H17ClN2O5/c20-15-9-12(16(24)21-10-11-2-1-3-13(23)8-11)4-5-14(15)17(25)22-19(6-7-19)18(26)27/h1-5,8-9,23H,6-7,10H2,(H,21,24)(H,22,25)(H,26,27). The maximum absolute atomic E-state index is 12.3. The van der Waals surface area contributed by atoms with E-state index in [0.29, 0.717) is 12.8 Å². The Kier molecular flexibility index (Phi) is 5.05. The molecule has 0 heterocycles. The van der Waals surface area contributed by atoms with Gasteiger partial charge < -0.3 is 20.8 Å². The Morgan fingerprint density at radius 1 is 1.07 bits per heavy atom. The molecule has 27 heavy (non-hydrogen) atoms. The molecule has 1 aliphatic carbocycles. The summed E-state index contributed by atoms with van der Waals surface area (Å²) in [4.78, 5) is 35.7. The van der Waals surface area contributed by atoms with E-state index in [-0.39, 0.29) is 28.4 Å². The summed E-state index contributed by atoms with van der Waals surface area (Å²) in [5.74, 6) is -1.95. The van der Waals surface area contributed by atoms with Crippen molar-refractivity contribution >= 4 is 29.4 Å². The van der Waals surface area contributed by atoms with Crippen molar-refractivity contribution in [2.24, 2.45) is 0 Å². The molecule has 2 aromatic rings. The number of phenols is 1. The minimum absolute atomic E-state index is 0.0543. The molecule has 4 N–H and O–H groups in total. The largest absolute Gasteiger partial charge is 0.508 e. The molecular weight excluding hydrogens is 372 g/mol. The van der Waals surface area contributed by atoms with Gasteiger partial charge in [-0.15, -0.1) is 0 Å². The molecule has 0 spiro atoms. The van der Waals surface area contributed by atoms with Gasteiger partial charge in [0.25, 0.3) is 11.8 Å². The van der Waals surface area contributed by atoms with Crippen LogP contribution in [0, 0.1) is 0 Å². The van der Waals surface area contributed by atoms with Crippen LogP contribution in [0.2, 0.25) is 5.02 Å². The number of halogens is 1. The van der Waals surface area contributed by atoms with E-state index in [9.17, 15) is 19.5 Å². The lowest BCUT2D eigenvalue weighted by molar-refractivity contribution is -0.140. The summed E-state index contributed by atoms with van der Waals surface area (Å²) in [7, 11) is 0. The molecule has 2 amide bonds. The van der Waals surface area contributed by atoms with E-state index in [4.69, 9.17) is 16.7 Å². The molecule has 0 radical (unpaired) electrons. The van der Waals surface area contributed by atoms with Gasteiger partial charge in [-0.3, -0.25) is 9.59 Å². The van der Waals surface area contributed by atoms with Crippen molar-refractivity contribution in [1.82, 2.24) is 10.6 Å². The number of hydrogen-bond donors (Lipinski definition) is 4. The Bertz CT molecular complexity index is 924. The number of rotatable bonds is 6. The summed E-state index contributed by atoms with van der Waals surface area (Å²) < 4.78 is 0. The van der Waals surface area contributed by atoms with Crippen LogP contribution in [0.25, 0.3) is 0 Å². The molecule has 1 saturated carbocycles. The minimum Gasteiger partial charge on any atom is -0.508 e. The van der Waals surface area contributed by atoms with Crippen molar-refractivity contribution in [3.8, 4) is 5.75 Å². The molecule has 1 aliphatic rings. The van der Waals surface area contributed by atoms with Crippen LogP contribution in [-0.2, 0) is 11.3 Å². The van der Waals surface area contributed by atoms with Crippen LogP contribution in [0.5, 0.6) is 5.75 Å². The molecule has 0 saturated heterocycles. The predicted octanol–water partition coefficient (Wildman–Crippen LogP) is 2.32. The number of aliphatic carboxylic acids is 1. The fourth-order valence-electron chi connectivity index (χ4n) is 2.59. The number of carbonyl (C=O) groups excluding carboxylic acids is 2. The van der Waals surface area contributed by atoms with Crippen LogP contribution >= 0.6 is 11.6 Å². The Balaban J connectivity index is 1.66. The van der Waals surface area contributed by atoms with E-state index in [1.165, 1.54) is 30.3 Å². The number of nitrogens with one attached hydrogen (secondary N) is 2. The second kappa shape index (κ2) is 7.28. The number of aromatic hydroxyl groups is 1. The van der Waals surface area contributed by atoms with Crippen LogP contribution in [0.3, 0.4) is 0 Å². The van der Waals surface area contributed by atoms with E-state index < -0.39 is 23.3 Å². The Morgan fingerprint density at radius 2 is 1.81 bits per heavy atom. The molecule has 0 bridgehead atoms. The molecule has 8 heteroatoms. The van der Waals surface area contributed by atoms with Gasteiger partial charge in [0, 0.05) is 12.1 Å². The smallest absolute Gasteiger partial charge is 0.329 e. The highest BCUT2D eigenvalue weighted by Gasteiger charge is 2.51. The highest BCUT2D eigenvalue weighted by atomic mass is 35.5. The van der Waals surface area contributed by atoms with E-state index in [1.807, 2.05) is 0 Å². The first kappa shape index (κ1) is 18.7. The quantitative estimate of drug-likeness (QED) is 0.606. The van der Waals surface area contributed by atoms with Crippen LogP contribution in [0.4, 0.5) is 0 Å². The molecule has 0 aromatic heterocycles. The fourth-order valence-corrected chi connectivity index (χ4v) is 2.86. The summed E-state index contributed by atoms with van der Waals surface area (Å²) in [6, 6.07) is 10.7. The van der Waals surface area contributed by atoms with Gasteiger partial charge in [0.2, 0.25) is 0 Å². The summed E-state index contributed by atoms with van der Waals surface area (Å²) in [5.41, 5.74) is -0.115. The lowest BCUT2D eigenvalue weighted by Gasteiger charge is -2.13. The van der Waals surface area contributed by atoms with Crippen molar-refractivity contribution in [1.29, 1.82) is 0 Å². The van der Waals surface area contributed by atoms with E-state index in [0.717, 1.165) is 5.56 Å². The number of carbonyl (C=O) groups is 3. The third-order valence-electron chi connectivity index (χ3n) is 4.35. The zero-order valence-electron chi connectivity index (χ0n) is 14.2. The second-order valence-electron chi connectivity index (χ2n) is 6.39. The Labute approximate surface area is 160 Å². The maximum Gasteiger partial charge on any atom is 0.329 e. The molecule has 0 atom stereocenters. The number of carboxylic acid groups (broad SMARTS) is 1. The topological polar surface area (TPSA) is 116 Å². The maximum atomic E-state index is 12.3. The van der Waals surface area contributed by atoms with Crippen molar-refractivity contribution < 1.29 is 24.6 Å². The SMILES string of the molecule is O=C(NCc1cccc(O)c1)c1ccc(C(=O)NC2(C(=O)O)CC2)c(Cl)c1. The van der Waals surface area contributed by atoms with Gasteiger partial charge in [-0.2, -0.15) is 0 Å². The fraction of sp³-hybridized carbons (Fsp3) is 0.211. The average molecular weight is 389 g/mol. The molecular formula is C19H17ClN2O5. The van der Waals surface area contributed by atoms with Crippen molar-refractivity contribution in [3.05, 3.63) is 64.2 Å². The highest BCUT2D eigenvalue weighted by molar-refractivity contribution is 6.34. The van der Waals surface area contributed by atoms with Crippen molar-refractivity contribution in [3.63, 3.8) is 0 Å². The van der Waals surface area contributed by atoms with Crippen LogP contribution in [0.15, 0.2) is 42.5 Å². The number of amides is 2. The molecule has 140 valence electrons. The van der Waals surface area contributed by atoms with Crippen molar-refractivity contribution in [2.75, 3.05) is 0 Å². The van der Waals surface area contributed by atoms with Crippen LogP contribution in [-0.4, -0.2) is 33.5 Å². The predicted molar refractivity (Wildman–Crippen MR) is 97.8 cm³/mol. The summed E-state index contributed by atoms with van der Waals surface area (Å²) in [6.07, 6.45) is 0.752. The average Bonchev–Trinajstić information content (AvgIpc) is 3.40. The number of benzene rings is 2. The van der Waals surface area contributed by atoms with Gasteiger partial charge in [0.1, 0.15) is 11.3 Å². The first-order valence-corrected chi connectivity index (χ1v) is 8.60. The number of hydrogen-bond acceptors (Lipinski definition) is 4. The highest BCUT2D eigenvalue weighted by Crippen LogP contribution is 2.36. The van der Waals surface area contributed by atoms with Crippen LogP contribution < -0.4 is 10.6 Å². The third kappa shape index (κ3) is 4.20. The summed E-state index contributed by atoms with van der Waals surface area (Å²) >= 11 is 6.11. The molecule has 7 nitrogen and oxygen atoms in total.